The Labute approximate surface area is 215 Å². The molecule has 1 aliphatic rings. The van der Waals surface area contributed by atoms with Crippen molar-refractivity contribution in [3.8, 4) is 11.5 Å². The maximum atomic E-state index is 14.4. The molecule has 6 nitrogen and oxygen atoms in total. The van der Waals surface area contributed by atoms with E-state index in [4.69, 9.17) is 9.47 Å². The molecule has 0 radical (unpaired) electrons. The summed E-state index contributed by atoms with van der Waals surface area (Å²) in [7, 11) is 0. The number of carbonyl (C=O) groups is 1. The van der Waals surface area contributed by atoms with E-state index in [9.17, 15) is 35.5 Å². The topological polar surface area (TPSA) is 76.2 Å². The zero-order chi connectivity index (χ0) is 27.9. The van der Waals surface area contributed by atoms with Crippen molar-refractivity contribution in [2.45, 2.75) is 37.5 Å². The minimum atomic E-state index is -5.13. The van der Waals surface area contributed by atoms with Crippen molar-refractivity contribution in [2.24, 2.45) is 0 Å². The molecule has 13 heteroatoms. The van der Waals surface area contributed by atoms with Crippen LogP contribution in [0.4, 0.5) is 30.7 Å². The maximum Gasteiger partial charge on any atom is 0.490 e. The number of fused-ring (bicyclic) bond motifs is 2. The monoisotopic (exact) mass is 553 g/mol. The molecule has 2 N–H and O–H groups in total. The average molecular weight is 553 g/mol. The fourth-order valence-corrected chi connectivity index (χ4v) is 4.34. The summed E-state index contributed by atoms with van der Waals surface area (Å²) in [4.78, 5) is 16.9. The number of hydrogen-bond acceptors (Lipinski definition) is 5. The van der Waals surface area contributed by atoms with Gasteiger partial charge in [-0.15, -0.1) is 0 Å². The zero-order valence-corrected chi connectivity index (χ0v) is 19.7. The number of esters is 1. The molecule has 2 unspecified atom stereocenters. The Bertz CT molecular complexity index is 1510. The molecule has 1 aromatic heterocycles. The van der Waals surface area contributed by atoms with Gasteiger partial charge in [0.1, 0.15) is 11.9 Å². The summed E-state index contributed by atoms with van der Waals surface area (Å²) in [6.45, 7) is 0.202. The number of hydrogen-bond donors (Lipinski definition) is 2. The Morgan fingerprint density at radius 2 is 1.74 bits per heavy atom. The number of aromatic nitrogens is 2. The first kappa shape index (κ1) is 26.5. The standard InChI is InChI=1S/C26H18F7N3O3/c27-17-10-18-19(36-23(35-18)25(28,29)30)11-21(17)38-15-7-5-13(6-8-15)12-34-20-9-14-3-1-2-4-16(14)22(20)39-24(37)26(31,32)33/h1-8,10-11,20,22,34H,9,12H2,(H,35,36). The first-order valence-electron chi connectivity index (χ1n) is 11.5. The van der Waals surface area contributed by atoms with Crippen LogP contribution in [-0.4, -0.2) is 28.2 Å². The SMILES string of the molecule is O=C(OC1c2ccccc2CC1NCc1ccc(Oc2cc3[nH]c(C(F)(F)F)nc3cc2F)cc1)C(F)(F)F. The molecule has 5 rings (SSSR count). The number of aromatic amines is 1. The summed E-state index contributed by atoms with van der Waals surface area (Å²) in [5, 5.41) is 3.12. The Kier molecular flexibility index (Phi) is 6.70. The molecule has 2 atom stereocenters. The summed E-state index contributed by atoms with van der Waals surface area (Å²) in [5.74, 6) is -4.56. The van der Waals surface area contributed by atoms with Gasteiger partial charge in [0.25, 0.3) is 0 Å². The van der Waals surface area contributed by atoms with E-state index >= 15 is 0 Å². The highest BCUT2D eigenvalue weighted by molar-refractivity contribution is 5.77. The van der Waals surface area contributed by atoms with Crippen LogP contribution in [0.5, 0.6) is 11.5 Å². The normalized spacial score (nSPS) is 17.3. The number of benzene rings is 3. The largest absolute Gasteiger partial charge is 0.490 e. The van der Waals surface area contributed by atoms with Crippen molar-refractivity contribution in [2.75, 3.05) is 0 Å². The van der Waals surface area contributed by atoms with Gasteiger partial charge in [0.15, 0.2) is 11.6 Å². The molecular weight excluding hydrogens is 535 g/mol. The van der Waals surface area contributed by atoms with Crippen LogP contribution in [0.15, 0.2) is 60.7 Å². The molecule has 0 aliphatic heterocycles. The Morgan fingerprint density at radius 1 is 1.03 bits per heavy atom. The number of imidazole rings is 1. The molecule has 1 heterocycles. The Balaban J connectivity index is 1.26. The lowest BCUT2D eigenvalue weighted by molar-refractivity contribution is -0.206. The van der Waals surface area contributed by atoms with E-state index in [2.05, 4.69) is 15.3 Å². The second-order valence-electron chi connectivity index (χ2n) is 8.84. The van der Waals surface area contributed by atoms with E-state index in [0.717, 1.165) is 17.7 Å². The third-order valence-corrected chi connectivity index (χ3v) is 6.16. The highest BCUT2D eigenvalue weighted by atomic mass is 19.4. The fraction of sp³-hybridized carbons (Fsp3) is 0.231. The van der Waals surface area contributed by atoms with Gasteiger partial charge in [0.05, 0.1) is 17.1 Å². The third-order valence-electron chi connectivity index (χ3n) is 6.16. The highest BCUT2D eigenvalue weighted by Gasteiger charge is 2.45. The number of H-pyrrole nitrogens is 1. The molecule has 1 aliphatic carbocycles. The van der Waals surface area contributed by atoms with Crippen LogP contribution < -0.4 is 10.1 Å². The maximum absolute atomic E-state index is 14.4. The summed E-state index contributed by atoms with van der Waals surface area (Å²) in [6, 6.07) is 14.3. The van der Waals surface area contributed by atoms with Gasteiger partial charge in [-0.05, 0) is 35.2 Å². The van der Waals surface area contributed by atoms with Crippen molar-refractivity contribution in [3.63, 3.8) is 0 Å². The van der Waals surface area contributed by atoms with Crippen molar-refractivity contribution in [1.82, 2.24) is 15.3 Å². The van der Waals surface area contributed by atoms with Gasteiger partial charge >= 0.3 is 18.3 Å². The Hall–Kier alpha value is -4.13. The lowest BCUT2D eigenvalue weighted by atomic mass is 10.1. The number of halogens is 7. The minimum Gasteiger partial charge on any atom is -0.454 e. The van der Waals surface area contributed by atoms with E-state index in [-0.39, 0.29) is 29.1 Å². The van der Waals surface area contributed by atoms with E-state index in [1.807, 2.05) is 0 Å². The molecule has 204 valence electrons. The van der Waals surface area contributed by atoms with Gasteiger partial charge in [-0.1, -0.05) is 36.4 Å². The first-order chi connectivity index (χ1) is 18.4. The zero-order valence-electron chi connectivity index (χ0n) is 19.7. The van der Waals surface area contributed by atoms with Gasteiger partial charge in [-0.2, -0.15) is 26.3 Å². The predicted molar refractivity (Wildman–Crippen MR) is 123 cm³/mol. The number of alkyl halides is 6. The molecule has 39 heavy (non-hydrogen) atoms. The number of rotatable bonds is 6. The average Bonchev–Trinajstić information content (AvgIpc) is 3.44. The molecule has 0 amide bonds. The van der Waals surface area contributed by atoms with Crippen LogP contribution in [0.25, 0.3) is 11.0 Å². The predicted octanol–water partition coefficient (Wildman–Crippen LogP) is 6.37. The summed E-state index contributed by atoms with van der Waals surface area (Å²) in [5.41, 5.74) is 1.69. The van der Waals surface area contributed by atoms with E-state index < -0.39 is 42.1 Å². The number of nitrogens with zero attached hydrogens (tertiary/aromatic N) is 1. The minimum absolute atomic E-state index is 0.0575. The van der Waals surface area contributed by atoms with Gasteiger partial charge in [0, 0.05) is 18.7 Å². The van der Waals surface area contributed by atoms with Crippen LogP contribution in [0.1, 0.15) is 28.6 Å². The lowest BCUT2D eigenvalue weighted by Gasteiger charge is -2.23. The lowest BCUT2D eigenvalue weighted by Crippen LogP contribution is -2.37. The van der Waals surface area contributed by atoms with Crippen LogP contribution in [-0.2, 0) is 28.7 Å². The highest BCUT2D eigenvalue weighted by Crippen LogP contribution is 2.36. The Morgan fingerprint density at radius 3 is 2.44 bits per heavy atom. The molecule has 4 aromatic rings. The first-order valence-corrected chi connectivity index (χ1v) is 11.5. The quantitative estimate of drug-likeness (QED) is 0.214. The molecule has 0 saturated carbocycles. The van der Waals surface area contributed by atoms with Crippen molar-refractivity contribution < 1.29 is 45.0 Å². The van der Waals surface area contributed by atoms with Crippen molar-refractivity contribution >= 4 is 17.0 Å². The number of nitrogens with one attached hydrogen (secondary N) is 2. The number of carbonyl (C=O) groups excluding carboxylic acids is 1. The molecule has 0 fully saturated rings. The van der Waals surface area contributed by atoms with Crippen LogP contribution in [0.2, 0.25) is 0 Å². The van der Waals surface area contributed by atoms with Crippen LogP contribution >= 0.6 is 0 Å². The fourth-order valence-electron chi connectivity index (χ4n) is 4.34. The van der Waals surface area contributed by atoms with Crippen LogP contribution in [0, 0.1) is 5.82 Å². The van der Waals surface area contributed by atoms with E-state index in [0.29, 0.717) is 17.5 Å². The molecule has 3 aromatic carbocycles. The second kappa shape index (κ2) is 9.88. The van der Waals surface area contributed by atoms with E-state index in [1.165, 1.54) is 12.1 Å². The van der Waals surface area contributed by atoms with Gasteiger partial charge in [-0.25, -0.2) is 14.2 Å². The summed E-state index contributed by atoms with van der Waals surface area (Å²) in [6.07, 6.45) is -10.6. The molecular formula is C26H18F7N3O3. The van der Waals surface area contributed by atoms with Gasteiger partial charge in [-0.3, -0.25) is 0 Å². The number of ether oxygens (including phenoxy) is 2. The van der Waals surface area contributed by atoms with Crippen molar-refractivity contribution in [1.29, 1.82) is 0 Å². The van der Waals surface area contributed by atoms with Crippen LogP contribution in [0.3, 0.4) is 0 Å². The van der Waals surface area contributed by atoms with Gasteiger partial charge in [0.2, 0.25) is 5.82 Å². The van der Waals surface area contributed by atoms with E-state index in [1.54, 1.807) is 36.4 Å². The van der Waals surface area contributed by atoms with Gasteiger partial charge < -0.3 is 19.8 Å². The third kappa shape index (κ3) is 5.67. The summed E-state index contributed by atoms with van der Waals surface area (Å²) < 4.78 is 102. The smallest absolute Gasteiger partial charge is 0.454 e. The molecule has 0 bridgehead atoms. The summed E-state index contributed by atoms with van der Waals surface area (Å²) >= 11 is 0. The van der Waals surface area contributed by atoms with Crippen molar-refractivity contribution in [3.05, 3.63) is 89.0 Å². The molecule has 0 spiro atoms. The molecule has 0 saturated heterocycles. The second-order valence-corrected chi connectivity index (χ2v) is 8.84.